The summed E-state index contributed by atoms with van der Waals surface area (Å²) in [6.07, 6.45) is 2.25. The molecule has 0 spiro atoms. The lowest BCUT2D eigenvalue weighted by molar-refractivity contribution is -0.142. The van der Waals surface area contributed by atoms with Gasteiger partial charge in [0.15, 0.2) is 5.01 Å². The third-order valence-electron chi connectivity index (χ3n) is 3.99. The van der Waals surface area contributed by atoms with Gasteiger partial charge in [-0.3, -0.25) is 14.4 Å². The molecule has 0 aromatic carbocycles. The minimum absolute atomic E-state index is 0.0183. The first kappa shape index (κ1) is 17.4. The predicted octanol–water partition coefficient (Wildman–Crippen LogP) is -0.359. The van der Waals surface area contributed by atoms with Crippen LogP contribution in [-0.4, -0.2) is 57.6 Å². The summed E-state index contributed by atoms with van der Waals surface area (Å²) in [7, 11) is 0. The van der Waals surface area contributed by atoms with Crippen molar-refractivity contribution in [2.45, 2.75) is 31.8 Å². The number of nitrogens with zero attached hydrogens (tertiary/aromatic N) is 2. The van der Waals surface area contributed by atoms with Crippen molar-refractivity contribution in [3.05, 3.63) is 15.6 Å². The molecule has 23 heavy (non-hydrogen) atoms. The van der Waals surface area contributed by atoms with Crippen molar-refractivity contribution in [3.8, 4) is 0 Å². The molecule has 0 atom stereocenters. The molecule has 126 valence electrons. The summed E-state index contributed by atoms with van der Waals surface area (Å²) in [5.74, 6) is -0.365. The Labute approximate surface area is 136 Å². The number of primary amides is 1. The number of aliphatic hydroxyl groups excluding tert-OH is 1. The van der Waals surface area contributed by atoms with E-state index in [-0.39, 0.29) is 24.4 Å². The molecule has 0 bridgehead atoms. The van der Waals surface area contributed by atoms with E-state index in [1.165, 1.54) is 11.3 Å². The fourth-order valence-corrected chi connectivity index (χ4v) is 3.69. The first-order valence-electron chi connectivity index (χ1n) is 7.29. The van der Waals surface area contributed by atoms with Crippen LogP contribution < -0.4 is 5.73 Å². The van der Waals surface area contributed by atoms with Crippen LogP contribution in [0.1, 0.15) is 33.2 Å². The van der Waals surface area contributed by atoms with Crippen LogP contribution in [0.2, 0.25) is 0 Å². The molecule has 8 nitrogen and oxygen atoms in total. The lowest BCUT2D eigenvalue weighted by Gasteiger charge is -2.34. The number of aromatic nitrogens is 1. The minimum Gasteiger partial charge on any atom is -0.483 e. The van der Waals surface area contributed by atoms with Crippen molar-refractivity contribution in [3.63, 3.8) is 0 Å². The van der Waals surface area contributed by atoms with Crippen LogP contribution in [0.25, 0.3) is 0 Å². The Kier molecular flexibility index (Phi) is 5.67. The molecule has 0 unspecified atom stereocenters. The van der Waals surface area contributed by atoms with Crippen LogP contribution in [0, 0.1) is 5.92 Å². The first-order chi connectivity index (χ1) is 11.0. The van der Waals surface area contributed by atoms with Gasteiger partial charge in [-0.1, -0.05) is 0 Å². The number of hydrogen-bond acceptors (Lipinski definition) is 6. The summed E-state index contributed by atoms with van der Waals surface area (Å²) in [6.45, 7) is 1.03. The number of thiazole rings is 1. The van der Waals surface area contributed by atoms with Crippen molar-refractivity contribution in [1.29, 1.82) is 0 Å². The molecule has 1 saturated carbocycles. The van der Waals surface area contributed by atoms with Crippen molar-refractivity contribution < 1.29 is 24.6 Å². The second kappa shape index (κ2) is 7.51. The van der Waals surface area contributed by atoms with Crippen LogP contribution >= 0.6 is 11.3 Å². The van der Waals surface area contributed by atoms with E-state index in [9.17, 15) is 14.7 Å². The monoisotopic (exact) mass is 341 g/mol. The van der Waals surface area contributed by atoms with Gasteiger partial charge >= 0.3 is 0 Å². The van der Waals surface area contributed by atoms with E-state index in [0.29, 0.717) is 37.4 Å². The quantitative estimate of drug-likeness (QED) is 0.629. The molecule has 1 aliphatic carbocycles. The molecule has 4 N–H and O–H groups in total. The third kappa shape index (κ3) is 4.05. The normalized spacial score (nSPS) is 22.7. The zero-order valence-corrected chi connectivity index (χ0v) is 13.3. The maximum Gasteiger partial charge on any atom is 0.290 e. The van der Waals surface area contributed by atoms with Gasteiger partial charge in [-0.05, 0) is 12.8 Å². The summed E-state index contributed by atoms with van der Waals surface area (Å²) in [5, 5.41) is 16.5. The maximum atomic E-state index is 12.3. The Morgan fingerprint density at radius 2 is 1.91 bits per heavy atom. The zero-order chi connectivity index (χ0) is 17.0. The van der Waals surface area contributed by atoms with Gasteiger partial charge in [0.1, 0.15) is 0 Å². The van der Waals surface area contributed by atoms with Gasteiger partial charge in [0, 0.05) is 36.7 Å². The van der Waals surface area contributed by atoms with Gasteiger partial charge in [0.2, 0.25) is 5.91 Å². The number of carbonyl (C=O) groups is 3. The molecule has 0 saturated heterocycles. The number of aliphatic hydroxyl groups is 1. The van der Waals surface area contributed by atoms with Gasteiger partial charge in [-0.2, -0.15) is 0 Å². The van der Waals surface area contributed by atoms with Crippen LogP contribution in [0.4, 0.5) is 0 Å². The van der Waals surface area contributed by atoms with E-state index in [0.717, 1.165) is 17.0 Å². The molecular formula is C14H19N3O5S. The topological polar surface area (TPSA) is 134 Å². The average Bonchev–Trinajstić information content (AvgIpc) is 2.78. The summed E-state index contributed by atoms with van der Waals surface area (Å²) in [5.41, 5.74) is 6.14. The number of nitrogens with two attached hydrogens (primary N) is 1. The fourth-order valence-electron chi connectivity index (χ4n) is 2.74. The zero-order valence-electron chi connectivity index (χ0n) is 12.5. The van der Waals surface area contributed by atoms with E-state index < -0.39 is 5.91 Å². The van der Waals surface area contributed by atoms with Gasteiger partial charge in [-0.25, -0.2) is 4.98 Å². The Hall–Kier alpha value is -2.00. The lowest BCUT2D eigenvalue weighted by Crippen LogP contribution is -2.44. The number of carboxylic acid groups (broad SMARTS) is 1. The maximum absolute atomic E-state index is 12.3. The third-order valence-corrected chi connectivity index (χ3v) is 5.16. The van der Waals surface area contributed by atoms with Crippen LogP contribution in [-0.2, 0) is 22.4 Å². The molecule has 2 amide bonds. The standard InChI is InChI=1S/C13H17N3O3S.CH2O2/c14-11(18)12-15-9-1-3-16(4-2-10(9)20-12)13(19)7-5-8(17)6-7;2-1-3/h7-8,17H,1-6H2,(H2,14,18);1H,(H,2,3). The van der Waals surface area contributed by atoms with E-state index >= 15 is 0 Å². The summed E-state index contributed by atoms with van der Waals surface area (Å²) >= 11 is 1.34. The molecule has 1 aliphatic heterocycles. The highest BCUT2D eigenvalue weighted by molar-refractivity contribution is 7.13. The molecule has 1 aromatic heterocycles. The van der Waals surface area contributed by atoms with Crippen molar-refractivity contribution in [1.82, 2.24) is 9.88 Å². The highest BCUT2D eigenvalue weighted by atomic mass is 32.1. The second-order valence-corrected chi connectivity index (χ2v) is 6.59. The molecule has 1 aromatic rings. The second-order valence-electron chi connectivity index (χ2n) is 5.51. The number of amides is 2. The molecular weight excluding hydrogens is 322 g/mol. The van der Waals surface area contributed by atoms with Crippen molar-refractivity contribution >= 4 is 29.6 Å². The summed E-state index contributed by atoms with van der Waals surface area (Å²) in [6, 6.07) is 0. The van der Waals surface area contributed by atoms with E-state index in [2.05, 4.69) is 4.98 Å². The van der Waals surface area contributed by atoms with Gasteiger partial charge in [-0.15, -0.1) is 11.3 Å². The number of fused-ring (bicyclic) bond motifs is 1. The Balaban J connectivity index is 0.000000595. The lowest BCUT2D eigenvalue weighted by atomic mass is 9.81. The summed E-state index contributed by atoms with van der Waals surface area (Å²) in [4.78, 5) is 38.9. The van der Waals surface area contributed by atoms with Crippen molar-refractivity contribution in [2.24, 2.45) is 11.7 Å². The SMILES string of the molecule is NC(=O)c1nc2c(s1)CCN(C(=O)C1CC(O)C1)CC2.O=CO. The van der Waals surface area contributed by atoms with E-state index in [1.54, 1.807) is 0 Å². The highest BCUT2D eigenvalue weighted by Gasteiger charge is 2.36. The van der Waals surface area contributed by atoms with E-state index in [4.69, 9.17) is 15.6 Å². The predicted molar refractivity (Wildman–Crippen MR) is 82.0 cm³/mol. The largest absolute Gasteiger partial charge is 0.483 e. The molecule has 3 rings (SSSR count). The smallest absolute Gasteiger partial charge is 0.290 e. The van der Waals surface area contributed by atoms with Crippen LogP contribution in [0.5, 0.6) is 0 Å². The van der Waals surface area contributed by atoms with Crippen LogP contribution in [0.3, 0.4) is 0 Å². The van der Waals surface area contributed by atoms with Gasteiger partial charge < -0.3 is 20.8 Å². The fraction of sp³-hybridized carbons (Fsp3) is 0.571. The first-order valence-corrected chi connectivity index (χ1v) is 8.11. The van der Waals surface area contributed by atoms with Crippen LogP contribution in [0.15, 0.2) is 0 Å². The molecule has 9 heteroatoms. The van der Waals surface area contributed by atoms with Gasteiger partial charge in [0.05, 0.1) is 11.8 Å². The molecule has 0 radical (unpaired) electrons. The van der Waals surface area contributed by atoms with E-state index in [1.807, 2.05) is 4.90 Å². The molecule has 2 heterocycles. The molecule has 2 aliphatic rings. The minimum atomic E-state index is -0.487. The summed E-state index contributed by atoms with van der Waals surface area (Å²) < 4.78 is 0. The number of carbonyl (C=O) groups excluding carboxylic acids is 2. The highest BCUT2D eigenvalue weighted by Crippen LogP contribution is 2.30. The Bertz CT molecular complexity index is 572. The average molecular weight is 341 g/mol. The van der Waals surface area contributed by atoms with Gasteiger partial charge in [0.25, 0.3) is 12.4 Å². The Morgan fingerprint density at radius 1 is 1.30 bits per heavy atom. The Morgan fingerprint density at radius 3 is 2.48 bits per heavy atom. The van der Waals surface area contributed by atoms with Crippen molar-refractivity contribution in [2.75, 3.05) is 13.1 Å². The number of hydrogen-bond donors (Lipinski definition) is 3. The molecule has 1 fully saturated rings. The number of rotatable bonds is 2.